The van der Waals surface area contributed by atoms with Gasteiger partial charge >= 0.3 is 0 Å². The summed E-state index contributed by atoms with van der Waals surface area (Å²) in [5.74, 6) is 0.194. The minimum atomic E-state index is -0.348. The zero-order chi connectivity index (χ0) is 30.4. The highest BCUT2D eigenvalue weighted by molar-refractivity contribution is 6.03. The van der Waals surface area contributed by atoms with Crippen molar-refractivity contribution in [2.24, 2.45) is 14.1 Å². The zero-order valence-corrected chi connectivity index (χ0v) is 25.9. The van der Waals surface area contributed by atoms with Crippen molar-refractivity contribution in [2.45, 2.75) is 59.7 Å². The summed E-state index contributed by atoms with van der Waals surface area (Å²) in [6, 6.07) is 12.2. The van der Waals surface area contributed by atoms with Crippen LogP contribution in [-0.2, 0) is 40.0 Å². The van der Waals surface area contributed by atoms with Gasteiger partial charge in [0.25, 0.3) is 5.91 Å². The highest BCUT2D eigenvalue weighted by Crippen LogP contribution is 2.34. The van der Waals surface area contributed by atoms with Crippen LogP contribution in [0.5, 0.6) is 0 Å². The minimum Gasteiger partial charge on any atom is -0.329 e. The number of anilines is 1. The smallest absolute Gasteiger partial charge is 0.291 e. The summed E-state index contributed by atoms with van der Waals surface area (Å²) in [7, 11) is 3.81. The molecule has 0 spiro atoms. The molecule has 0 saturated carbocycles. The number of hydrogen-bond donors (Lipinski definition) is 2. The van der Waals surface area contributed by atoms with E-state index < -0.39 is 0 Å². The fourth-order valence-electron chi connectivity index (χ4n) is 6.41. The predicted molar refractivity (Wildman–Crippen MR) is 169 cm³/mol. The molecule has 0 bridgehead atoms. The van der Waals surface area contributed by atoms with Crippen molar-refractivity contribution >= 4 is 23.5 Å². The van der Waals surface area contributed by atoms with Gasteiger partial charge in [0, 0.05) is 76.2 Å². The highest BCUT2D eigenvalue weighted by atomic mass is 19.1. The second kappa shape index (κ2) is 11.5. The number of nitrogens with one attached hydrogen (secondary N) is 2. The van der Waals surface area contributed by atoms with E-state index in [0.29, 0.717) is 24.2 Å². The molecule has 43 heavy (non-hydrogen) atoms. The standard InChI is InChI=1S/C34H40FN7O/c1-20(2)42-16-14-31-29(19-42)38-32(40(31)5)26(35)17-23-9-7-10-24(21(23)3)25-11-8-12-27(22(25)4)39-34(43)33-37-28-18-36-15-13-30(28)41(33)6/h7-12,17,20,36H,13-16,18-19H2,1-6H3,(H,39,43)/b26-17-. The third-order valence-corrected chi connectivity index (χ3v) is 9.09. The fraction of sp³-hybridized carbons (Fsp3) is 0.382. The maximum Gasteiger partial charge on any atom is 0.291 e. The molecule has 2 aromatic heterocycles. The molecule has 4 heterocycles. The number of nitrogens with zero attached hydrogens (tertiary/aromatic N) is 5. The van der Waals surface area contributed by atoms with Crippen molar-refractivity contribution < 1.29 is 9.18 Å². The van der Waals surface area contributed by atoms with Crippen molar-refractivity contribution in [3.63, 3.8) is 0 Å². The van der Waals surface area contributed by atoms with Gasteiger partial charge in [-0.2, -0.15) is 0 Å². The topological polar surface area (TPSA) is 80.0 Å². The first-order valence-electron chi connectivity index (χ1n) is 15.1. The van der Waals surface area contributed by atoms with Crippen LogP contribution in [0.15, 0.2) is 36.4 Å². The third-order valence-electron chi connectivity index (χ3n) is 9.09. The van der Waals surface area contributed by atoms with E-state index in [1.165, 1.54) is 0 Å². The summed E-state index contributed by atoms with van der Waals surface area (Å²) in [5.41, 5.74) is 9.48. The first-order chi connectivity index (χ1) is 20.6. The number of imidazole rings is 2. The summed E-state index contributed by atoms with van der Waals surface area (Å²) >= 11 is 0. The molecule has 2 aliphatic heterocycles. The average molecular weight is 582 g/mol. The Labute approximate surface area is 252 Å². The molecule has 2 aliphatic rings. The monoisotopic (exact) mass is 581 g/mol. The van der Waals surface area contributed by atoms with E-state index in [1.807, 2.05) is 73.5 Å². The normalized spacial score (nSPS) is 15.5. The van der Waals surface area contributed by atoms with E-state index in [0.717, 1.165) is 88.8 Å². The Bertz CT molecular complexity index is 1750. The first kappa shape index (κ1) is 29.0. The van der Waals surface area contributed by atoms with Gasteiger partial charge in [-0.15, -0.1) is 0 Å². The quantitative estimate of drug-likeness (QED) is 0.311. The third kappa shape index (κ3) is 5.32. The van der Waals surface area contributed by atoms with Gasteiger partial charge in [-0.05, 0) is 67.7 Å². The molecule has 224 valence electrons. The number of hydrogen-bond acceptors (Lipinski definition) is 5. The van der Waals surface area contributed by atoms with Crippen LogP contribution in [0.25, 0.3) is 23.0 Å². The van der Waals surface area contributed by atoms with Crippen LogP contribution in [0.4, 0.5) is 10.1 Å². The van der Waals surface area contributed by atoms with Crippen LogP contribution in [0.2, 0.25) is 0 Å². The summed E-state index contributed by atoms with van der Waals surface area (Å²) in [4.78, 5) is 25.0. The lowest BCUT2D eigenvalue weighted by atomic mass is 9.92. The van der Waals surface area contributed by atoms with Crippen molar-refractivity contribution in [1.29, 1.82) is 0 Å². The molecule has 2 aromatic carbocycles. The van der Waals surface area contributed by atoms with Gasteiger partial charge in [0.15, 0.2) is 17.5 Å². The number of rotatable bonds is 6. The number of carbonyl (C=O) groups is 1. The van der Waals surface area contributed by atoms with Gasteiger partial charge < -0.3 is 19.8 Å². The first-order valence-corrected chi connectivity index (χ1v) is 15.1. The molecule has 6 rings (SSSR count). The Morgan fingerprint density at radius 1 is 0.953 bits per heavy atom. The SMILES string of the molecule is Cc1c(/C=C(\F)c2nc3c(n2C)CCN(C(C)C)C3)cccc1-c1cccc(NC(=O)c2nc3c(n2C)CCNC3)c1C. The summed E-state index contributed by atoms with van der Waals surface area (Å²) < 4.78 is 19.6. The fourth-order valence-corrected chi connectivity index (χ4v) is 6.41. The van der Waals surface area contributed by atoms with E-state index in [1.54, 1.807) is 6.08 Å². The van der Waals surface area contributed by atoms with Gasteiger partial charge in [0.2, 0.25) is 0 Å². The summed E-state index contributed by atoms with van der Waals surface area (Å²) in [6.07, 6.45) is 3.31. The van der Waals surface area contributed by atoms with Gasteiger partial charge in [-0.1, -0.05) is 30.3 Å². The lowest BCUT2D eigenvalue weighted by Gasteiger charge is -2.29. The van der Waals surface area contributed by atoms with Crippen molar-refractivity contribution in [3.05, 3.63) is 87.5 Å². The van der Waals surface area contributed by atoms with Crippen molar-refractivity contribution in [3.8, 4) is 11.1 Å². The molecule has 1 amide bonds. The summed E-state index contributed by atoms with van der Waals surface area (Å²) in [6.45, 7) is 11.6. The lowest BCUT2D eigenvalue weighted by Crippen LogP contribution is -2.36. The molecule has 0 fully saturated rings. The molecule has 8 nitrogen and oxygen atoms in total. The molecule has 0 atom stereocenters. The predicted octanol–water partition coefficient (Wildman–Crippen LogP) is 5.57. The number of carbonyl (C=O) groups excluding carboxylic acids is 1. The van der Waals surface area contributed by atoms with E-state index in [9.17, 15) is 4.79 Å². The van der Waals surface area contributed by atoms with Crippen LogP contribution in [0.3, 0.4) is 0 Å². The maximum absolute atomic E-state index is 15.8. The number of halogens is 1. The van der Waals surface area contributed by atoms with E-state index in [2.05, 4.69) is 34.4 Å². The minimum absolute atomic E-state index is 0.234. The Morgan fingerprint density at radius 2 is 1.63 bits per heavy atom. The number of fused-ring (bicyclic) bond motifs is 2. The molecule has 0 saturated heterocycles. The molecule has 0 aliphatic carbocycles. The van der Waals surface area contributed by atoms with Crippen molar-refractivity contribution in [1.82, 2.24) is 29.3 Å². The van der Waals surface area contributed by atoms with Crippen LogP contribution in [0.1, 0.15) is 69.8 Å². The molecular weight excluding hydrogens is 541 g/mol. The van der Waals surface area contributed by atoms with Gasteiger partial charge in [0.1, 0.15) is 0 Å². The highest BCUT2D eigenvalue weighted by Gasteiger charge is 2.26. The largest absolute Gasteiger partial charge is 0.329 e. The number of amides is 1. The maximum atomic E-state index is 15.8. The molecule has 9 heteroatoms. The molecule has 0 unspecified atom stereocenters. The molecule has 0 radical (unpaired) electrons. The Kier molecular flexibility index (Phi) is 7.79. The van der Waals surface area contributed by atoms with Crippen LogP contribution < -0.4 is 10.6 Å². The molecular formula is C34H40FN7O. The molecule has 4 aromatic rings. The van der Waals surface area contributed by atoms with E-state index in [4.69, 9.17) is 4.98 Å². The van der Waals surface area contributed by atoms with Crippen LogP contribution in [-0.4, -0.2) is 49.0 Å². The second-order valence-corrected chi connectivity index (χ2v) is 12.0. The van der Waals surface area contributed by atoms with E-state index in [-0.39, 0.29) is 11.7 Å². The summed E-state index contributed by atoms with van der Waals surface area (Å²) in [5, 5.41) is 6.40. The Balaban J connectivity index is 1.28. The zero-order valence-electron chi connectivity index (χ0n) is 25.9. The van der Waals surface area contributed by atoms with Crippen LogP contribution >= 0.6 is 0 Å². The second-order valence-electron chi connectivity index (χ2n) is 12.0. The van der Waals surface area contributed by atoms with Gasteiger partial charge in [-0.3, -0.25) is 9.69 Å². The Morgan fingerprint density at radius 3 is 2.37 bits per heavy atom. The van der Waals surface area contributed by atoms with E-state index >= 15 is 4.39 Å². The van der Waals surface area contributed by atoms with Crippen LogP contribution in [0, 0.1) is 13.8 Å². The van der Waals surface area contributed by atoms with Gasteiger partial charge in [-0.25, -0.2) is 14.4 Å². The van der Waals surface area contributed by atoms with Crippen molar-refractivity contribution in [2.75, 3.05) is 18.4 Å². The number of aromatic nitrogens is 4. The lowest BCUT2D eigenvalue weighted by molar-refractivity contribution is 0.101. The van der Waals surface area contributed by atoms with Gasteiger partial charge in [0.05, 0.1) is 11.4 Å². The average Bonchev–Trinajstić information content (AvgIpc) is 3.51. The Hall–Kier alpha value is -4.08. The molecule has 2 N–H and O–H groups in total. The number of benzene rings is 2.